The van der Waals surface area contributed by atoms with E-state index in [1.165, 1.54) is 38.5 Å². The summed E-state index contributed by atoms with van der Waals surface area (Å²) in [7, 11) is 0. The standard InChI is InChI=1S/C13H25NO2/c15-11-13(5-1-6-13)10-14-7-2-12-3-8-16-9-4-12/h12,14-15H,1-11H2. The molecule has 2 aliphatic rings. The van der Waals surface area contributed by atoms with Crippen LogP contribution < -0.4 is 5.32 Å². The Kier molecular flexibility index (Phi) is 4.62. The van der Waals surface area contributed by atoms with Crippen molar-refractivity contribution in [1.29, 1.82) is 0 Å². The highest BCUT2D eigenvalue weighted by atomic mass is 16.5. The minimum absolute atomic E-state index is 0.232. The molecule has 0 aromatic heterocycles. The van der Waals surface area contributed by atoms with Crippen molar-refractivity contribution in [2.24, 2.45) is 11.3 Å². The molecule has 94 valence electrons. The van der Waals surface area contributed by atoms with Crippen LogP contribution in [0.5, 0.6) is 0 Å². The summed E-state index contributed by atoms with van der Waals surface area (Å²) in [5.41, 5.74) is 0.232. The van der Waals surface area contributed by atoms with Crippen molar-refractivity contribution < 1.29 is 9.84 Å². The Bertz CT molecular complexity index is 193. The summed E-state index contributed by atoms with van der Waals surface area (Å²) in [5.74, 6) is 0.854. The third-order valence-corrected chi connectivity index (χ3v) is 4.32. The second kappa shape index (κ2) is 5.99. The van der Waals surface area contributed by atoms with Crippen molar-refractivity contribution in [1.82, 2.24) is 5.32 Å². The first-order valence-electron chi connectivity index (χ1n) is 6.74. The molecule has 0 amide bonds. The van der Waals surface area contributed by atoms with Gasteiger partial charge in [0.2, 0.25) is 0 Å². The van der Waals surface area contributed by atoms with Gasteiger partial charge in [-0.3, -0.25) is 0 Å². The van der Waals surface area contributed by atoms with Crippen molar-refractivity contribution in [3.05, 3.63) is 0 Å². The molecular weight excluding hydrogens is 202 g/mol. The molecule has 3 heteroatoms. The maximum Gasteiger partial charge on any atom is 0.0499 e. The lowest BCUT2D eigenvalue weighted by Crippen LogP contribution is -2.43. The molecule has 1 aliphatic heterocycles. The molecule has 3 nitrogen and oxygen atoms in total. The van der Waals surface area contributed by atoms with Gasteiger partial charge in [-0.25, -0.2) is 0 Å². The van der Waals surface area contributed by atoms with E-state index >= 15 is 0 Å². The Morgan fingerprint density at radius 1 is 1.25 bits per heavy atom. The number of hydrogen-bond acceptors (Lipinski definition) is 3. The highest BCUT2D eigenvalue weighted by molar-refractivity contribution is 4.88. The fraction of sp³-hybridized carbons (Fsp3) is 1.00. The van der Waals surface area contributed by atoms with Gasteiger partial charge in [0.05, 0.1) is 0 Å². The highest BCUT2D eigenvalue weighted by Gasteiger charge is 2.35. The van der Waals surface area contributed by atoms with Gasteiger partial charge in [0.1, 0.15) is 0 Å². The number of aliphatic hydroxyl groups excluding tert-OH is 1. The van der Waals surface area contributed by atoms with Crippen LogP contribution in [-0.4, -0.2) is 38.0 Å². The number of hydrogen-bond donors (Lipinski definition) is 2. The van der Waals surface area contributed by atoms with E-state index in [1.54, 1.807) is 0 Å². The summed E-state index contributed by atoms with van der Waals surface area (Å²) in [6.45, 7) is 4.37. The number of nitrogens with one attached hydrogen (secondary N) is 1. The zero-order chi connectivity index (χ0) is 11.3. The van der Waals surface area contributed by atoms with Gasteiger partial charge in [0, 0.05) is 31.8 Å². The van der Waals surface area contributed by atoms with Gasteiger partial charge in [-0.1, -0.05) is 6.42 Å². The predicted octanol–water partition coefficient (Wildman–Crippen LogP) is 1.56. The maximum atomic E-state index is 9.33. The molecule has 1 saturated carbocycles. The SMILES string of the molecule is OCC1(CNCCC2CCOCC2)CCC1. The third-order valence-electron chi connectivity index (χ3n) is 4.32. The van der Waals surface area contributed by atoms with Crippen LogP contribution in [0, 0.1) is 11.3 Å². The fourth-order valence-electron chi connectivity index (χ4n) is 2.76. The van der Waals surface area contributed by atoms with E-state index in [0.29, 0.717) is 6.61 Å². The minimum Gasteiger partial charge on any atom is -0.396 e. The zero-order valence-corrected chi connectivity index (χ0v) is 10.2. The molecule has 0 bridgehead atoms. The normalized spacial score (nSPS) is 25.3. The average Bonchev–Trinajstić information content (AvgIpc) is 2.29. The van der Waals surface area contributed by atoms with Crippen LogP contribution in [0.3, 0.4) is 0 Å². The van der Waals surface area contributed by atoms with Crippen molar-refractivity contribution in [2.75, 3.05) is 32.9 Å². The van der Waals surface area contributed by atoms with Gasteiger partial charge in [0.15, 0.2) is 0 Å². The quantitative estimate of drug-likeness (QED) is 0.677. The van der Waals surface area contributed by atoms with E-state index < -0.39 is 0 Å². The Labute approximate surface area is 98.6 Å². The van der Waals surface area contributed by atoms with Gasteiger partial charge in [-0.15, -0.1) is 0 Å². The summed E-state index contributed by atoms with van der Waals surface area (Å²) in [6, 6.07) is 0. The van der Waals surface area contributed by atoms with Crippen LogP contribution in [0.1, 0.15) is 38.5 Å². The molecule has 0 spiro atoms. The minimum atomic E-state index is 0.232. The smallest absolute Gasteiger partial charge is 0.0499 e. The molecule has 0 unspecified atom stereocenters. The molecule has 2 fully saturated rings. The molecule has 16 heavy (non-hydrogen) atoms. The number of ether oxygens (including phenoxy) is 1. The summed E-state index contributed by atoms with van der Waals surface area (Å²) < 4.78 is 5.35. The number of aliphatic hydroxyl groups is 1. The fourth-order valence-corrected chi connectivity index (χ4v) is 2.76. The Balaban J connectivity index is 1.54. The topological polar surface area (TPSA) is 41.5 Å². The molecule has 2 N–H and O–H groups in total. The summed E-state index contributed by atoms with van der Waals surface area (Å²) in [4.78, 5) is 0. The van der Waals surface area contributed by atoms with Gasteiger partial charge in [-0.2, -0.15) is 0 Å². The van der Waals surface area contributed by atoms with Crippen LogP contribution in [0.25, 0.3) is 0 Å². The van der Waals surface area contributed by atoms with Gasteiger partial charge in [-0.05, 0) is 44.6 Å². The molecule has 0 aromatic rings. The second-order valence-corrected chi connectivity index (χ2v) is 5.53. The van der Waals surface area contributed by atoms with Gasteiger partial charge < -0.3 is 15.2 Å². The molecule has 0 aromatic carbocycles. The van der Waals surface area contributed by atoms with E-state index in [0.717, 1.165) is 32.2 Å². The summed E-state index contributed by atoms with van der Waals surface area (Å²) in [6.07, 6.45) is 7.42. The van der Waals surface area contributed by atoms with Crippen molar-refractivity contribution in [3.63, 3.8) is 0 Å². The zero-order valence-electron chi connectivity index (χ0n) is 10.2. The first kappa shape index (κ1) is 12.3. The van der Waals surface area contributed by atoms with Crippen LogP contribution >= 0.6 is 0 Å². The largest absolute Gasteiger partial charge is 0.396 e. The van der Waals surface area contributed by atoms with Crippen molar-refractivity contribution in [2.45, 2.75) is 38.5 Å². The van der Waals surface area contributed by atoms with Gasteiger partial charge >= 0.3 is 0 Å². The first-order valence-corrected chi connectivity index (χ1v) is 6.74. The van der Waals surface area contributed by atoms with E-state index in [2.05, 4.69) is 5.32 Å². The Morgan fingerprint density at radius 2 is 2.00 bits per heavy atom. The van der Waals surface area contributed by atoms with Crippen LogP contribution in [0.4, 0.5) is 0 Å². The third kappa shape index (κ3) is 3.19. The monoisotopic (exact) mass is 227 g/mol. The Morgan fingerprint density at radius 3 is 2.56 bits per heavy atom. The average molecular weight is 227 g/mol. The summed E-state index contributed by atoms with van der Waals surface area (Å²) in [5, 5.41) is 12.9. The second-order valence-electron chi connectivity index (χ2n) is 5.53. The Hall–Kier alpha value is -0.120. The van der Waals surface area contributed by atoms with E-state index in [1.807, 2.05) is 0 Å². The van der Waals surface area contributed by atoms with Crippen molar-refractivity contribution >= 4 is 0 Å². The first-order chi connectivity index (χ1) is 7.85. The molecule has 0 radical (unpaired) electrons. The summed E-state index contributed by atoms with van der Waals surface area (Å²) >= 11 is 0. The lowest BCUT2D eigenvalue weighted by atomic mass is 9.69. The number of rotatable bonds is 6. The van der Waals surface area contributed by atoms with E-state index in [4.69, 9.17) is 4.74 Å². The molecule has 0 atom stereocenters. The van der Waals surface area contributed by atoms with E-state index in [-0.39, 0.29) is 5.41 Å². The molecule has 2 rings (SSSR count). The van der Waals surface area contributed by atoms with Crippen LogP contribution in [0.2, 0.25) is 0 Å². The van der Waals surface area contributed by atoms with Crippen LogP contribution in [-0.2, 0) is 4.74 Å². The molecule has 1 aliphatic carbocycles. The van der Waals surface area contributed by atoms with Crippen molar-refractivity contribution in [3.8, 4) is 0 Å². The molecule has 1 heterocycles. The highest BCUT2D eigenvalue weighted by Crippen LogP contribution is 2.39. The predicted molar refractivity (Wildman–Crippen MR) is 64.4 cm³/mol. The van der Waals surface area contributed by atoms with Crippen LogP contribution in [0.15, 0.2) is 0 Å². The maximum absolute atomic E-state index is 9.33. The lowest BCUT2D eigenvalue weighted by molar-refractivity contribution is 0.0425. The van der Waals surface area contributed by atoms with E-state index in [9.17, 15) is 5.11 Å². The molecule has 1 saturated heterocycles. The lowest BCUT2D eigenvalue weighted by Gasteiger charge is -2.40. The molecular formula is C13H25NO2. The van der Waals surface area contributed by atoms with Gasteiger partial charge in [0.25, 0.3) is 0 Å².